The number of ketones is 1. The highest BCUT2D eigenvalue weighted by Gasteiger charge is 2.33. The van der Waals surface area contributed by atoms with Crippen LogP contribution in [-0.4, -0.2) is 26.6 Å². The Labute approximate surface area is 78.0 Å². The Morgan fingerprint density at radius 3 is 2.69 bits per heavy atom. The van der Waals surface area contributed by atoms with Gasteiger partial charge < -0.3 is 4.79 Å². The van der Waals surface area contributed by atoms with Crippen LogP contribution in [0.4, 0.5) is 0 Å². The quantitative estimate of drug-likeness (QED) is 0.395. The Morgan fingerprint density at radius 2 is 2.08 bits per heavy atom. The number of fused-ring (bicyclic) bond motifs is 1. The van der Waals surface area contributed by atoms with Crippen LogP contribution in [-0.2, 0) is 4.79 Å². The van der Waals surface area contributed by atoms with E-state index >= 15 is 0 Å². The monoisotopic (exact) mass is 170 g/mol. The minimum Gasteiger partial charge on any atom is -0.312 e. The molecule has 1 aromatic rings. The first-order chi connectivity index (χ1) is 6.20. The average Bonchev–Trinajstić information content (AvgIpc) is 2.45. The highest BCUT2D eigenvalue weighted by atomic mass is 16.1. The fourth-order valence-electron chi connectivity index (χ4n) is 1.77. The minimum atomic E-state index is -0.419. The molecule has 1 aromatic carbocycles. The fourth-order valence-corrected chi connectivity index (χ4v) is 1.77. The van der Waals surface area contributed by atoms with Crippen LogP contribution in [0.25, 0.3) is 0 Å². The summed E-state index contributed by atoms with van der Waals surface area (Å²) in [4.78, 5) is 22.7. The number of hydrogen-bond donors (Lipinski definition) is 0. The third-order valence-corrected chi connectivity index (χ3v) is 2.51. The van der Waals surface area contributed by atoms with E-state index in [2.05, 4.69) is 0 Å². The lowest BCUT2D eigenvalue weighted by atomic mass is 9.59. The van der Waals surface area contributed by atoms with Crippen LogP contribution in [0.15, 0.2) is 24.3 Å². The van der Waals surface area contributed by atoms with Crippen LogP contribution in [0.3, 0.4) is 0 Å². The van der Waals surface area contributed by atoms with Crippen molar-refractivity contribution >= 4 is 32.1 Å². The smallest absolute Gasteiger partial charge is 0.187 e. The van der Waals surface area contributed by atoms with Crippen molar-refractivity contribution in [1.82, 2.24) is 0 Å². The highest BCUT2D eigenvalue weighted by molar-refractivity contribution is 6.79. The topological polar surface area (TPSA) is 34.1 Å². The first kappa shape index (κ1) is 8.30. The third-order valence-electron chi connectivity index (χ3n) is 2.51. The average molecular weight is 170 g/mol. The van der Waals surface area contributed by atoms with Gasteiger partial charge in [0.25, 0.3) is 0 Å². The van der Waals surface area contributed by atoms with E-state index in [0.717, 1.165) is 11.0 Å². The zero-order chi connectivity index (χ0) is 9.42. The molecule has 0 aromatic heterocycles. The molecule has 2 rings (SSSR count). The number of Topliss-reactive ketones (excluding diaryl/α,β-unsaturated/α-hetero) is 1. The molecule has 62 valence electrons. The number of carbonyl (C=O) groups excluding carboxylic acids is 2. The van der Waals surface area contributed by atoms with Gasteiger partial charge in [0.15, 0.2) is 20.9 Å². The van der Waals surface area contributed by atoms with Crippen molar-refractivity contribution in [3.63, 3.8) is 0 Å². The summed E-state index contributed by atoms with van der Waals surface area (Å²) >= 11 is 0. The van der Waals surface area contributed by atoms with Crippen LogP contribution in [0.1, 0.15) is 10.4 Å². The summed E-state index contributed by atoms with van der Waals surface area (Å²) in [5.41, 5.74) is 1.71. The van der Waals surface area contributed by atoms with Gasteiger partial charge in [-0.2, -0.15) is 0 Å². The maximum absolute atomic E-state index is 11.6. The van der Waals surface area contributed by atoms with Crippen molar-refractivity contribution in [2.75, 3.05) is 0 Å². The lowest BCUT2D eigenvalue weighted by Crippen LogP contribution is -2.20. The van der Waals surface area contributed by atoms with Crippen molar-refractivity contribution in [2.45, 2.75) is 5.82 Å². The molecule has 0 amide bonds. The van der Waals surface area contributed by atoms with Crippen molar-refractivity contribution in [3.05, 3.63) is 29.8 Å². The molecule has 2 nitrogen and oxygen atoms in total. The molecule has 1 heterocycles. The van der Waals surface area contributed by atoms with Gasteiger partial charge in [0, 0.05) is 11.4 Å². The molecule has 0 radical (unpaired) electrons. The van der Waals surface area contributed by atoms with Crippen LogP contribution in [0.2, 0.25) is 5.82 Å². The Kier molecular flexibility index (Phi) is 1.83. The molecule has 0 bridgehead atoms. The largest absolute Gasteiger partial charge is 0.312 e. The fraction of sp³-hybridized carbons (Fsp3) is 0.111. The third kappa shape index (κ3) is 1.22. The summed E-state index contributed by atoms with van der Waals surface area (Å²) in [7, 11) is 2.07. The van der Waals surface area contributed by atoms with E-state index in [1.807, 2.05) is 18.2 Å². The molecule has 1 aliphatic rings. The Morgan fingerprint density at radius 1 is 1.38 bits per heavy atom. The van der Waals surface area contributed by atoms with Crippen LogP contribution < -0.4 is 5.46 Å². The van der Waals surface area contributed by atoms with Gasteiger partial charge in [-0.1, -0.05) is 29.7 Å². The van der Waals surface area contributed by atoms with E-state index in [-0.39, 0.29) is 11.5 Å². The van der Waals surface area contributed by atoms with Gasteiger partial charge in [0.05, 0.1) is 5.68 Å². The predicted molar refractivity (Wildman–Crippen MR) is 54.9 cm³/mol. The molecule has 1 aliphatic heterocycles. The first-order valence-corrected chi connectivity index (χ1v) is 4.32. The van der Waals surface area contributed by atoms with E-state index in [0.29, 0.717) is 7.28 Å². The molecule has 0 fully saturated rings. The normalized spacial score (nSPS) is 19.4. The molecule has 0 aliphatic carbocycles. The van der Waals surface area contributed by atoms with Gasteiger partial charge in [-0.05, 0) is 0 Å². The van der Waals surface area contributed by atoms with E-state index < -0.39 is 5.82 Å². The second-order valence-electron chi connectivity index (χ2n) is 3.39. The minimum absolute atomic E-state index is 0.0110. The zero-order valence-corrected chi connectivity index (χ0v) is 7.41. The number of carbonyl (C=O) groups is 2. The van der Waals surface area contributed by atoms with E-state index in [1.165, 1.54) is 7.85 Å². The lowest BCUT2D eigenvalue weighted by molar-refractivity contribution is -0.110. The molecule has 13 heavy (non-hydrogen) atoms. The van der Waals surface area contributed by atoms with Gasteiger partial charge >= 0.3 is 0 Å². The Balaban J connectivity index is 2.44. The van der Waals surface area contributed by atoms with Crippen molar-refractivity contribution in [1.29, 1.82) is 0 Å². The number of hydrogen-bond acceptors (Lipinski definition) is 2. The van der Waals surface area contributed by atoms with Gasteiger partial charge in [-0.3, -0.25) is 4.79 Å². The summed E-state index contributed by atoms with van der Waals surface area (Å²) in [5, 5.41) is 0. The molecule has 4 heteroatoms. The lowest BCUT2D eigenvalue weighted by Gasteiger charge is -1.99. The molecule has 0 N–H and O–H groups in total. The standard InChI is InChI=1S/C9H8B2O2/c10-9(13)7-8(12)5-3-1-2-4-6(5)11-7/h1-4,7,11H,10H2. The second kappa shape index (κ2) is 2.87. The maximum atomic E-state index is 11.6. The molecule has 0 saturated carbocycles. The Bertz CT molecular complexity index is 387. The molecular weight excluding hydrogens is 162 g/mol. The second-order valence-corrected chi connectivity index (χ2v) is 3.39. The Hall–Kier alpha value is -1.31. The summed E-state index contributed by atoms with van der Waals surface area (Å²) in [5.74, 6) is -0.430. The van der Waals surface area contributed by atoms with E-state index in [1.54, 1.807) is 6.07 Å². The van der Waals surface area contributed by atoms with Gasteiger partial charge in [0.2, 0.25) is 0 Å². The number of benzene rings is 1. The van der Waals surface area contributed by atoms with Crippen LogP contribution in [0.5, 0.6) is 0 Å². The van der Waals surface area contributed by atoms with Gasteiger partial charge in [-0.25, -0.2) is 0 Å². The summed E-state index contributed by atoms with van der Waals surface area (Å²) < 4.78 is 0. The zero-order valence-electron chi connectivity index (χ0n) is 7.41. The molecule has 1 atom stereocenters. The van der Waals surface area contributed by atoms with Crippen LogP contribution >= 0.6 is 0 Å². The summed E-state index contributed by atoms with van der Waals surface area (Å²) in [6.45, 7) is 0. The molecule has 0 saturated heterocycles. The number of rotatable bonds is 1. The van der Waals surface area contributed by atoms with Crippen molar-refractivity contribution in [2.24, 2.45) is 0 Å². The van der Waals surface area contributed by atoms with Crippen molar-refractivity contribution in [3.8, 4) is 0 Å². The van der Waals surface area contributed by atoms with Gasteiger partial charge in [-0.15, -0.1) is 0 Å². The van der Waals surface area contributed by atoms with E-state index in [4.69, 9.17) is 0 Å². The van der Waals surface area contributed by atoms with Crippen LogP contribution in [0, 0.1) is 0 Å². The van der Waals surface area contributed by atoms with E-state index in [9.17, 15) is 9.59 Å². The van der Waals surface area contributed by atoms with Crippen molar-refractivity contribution < 1.29 is 9.59 Å². The predicted octanol–water partition coefficient (Wildman–Crippen LogP) is -1.11. The summed E-state index contributed by atoms with van der Waals surface area (Å²) in [6, 6.07) is 7.44. The molecule has 0 spiro atoms. The molecule has 1 unspecified atom stereocenters. The molecular formula is C9H8B2O2. The maximum Gasteiger partial charge on any atom is 0.187 e. The highest BCUT2D eigenvalue weighted by Crippen LogP contribution is 2.18. The summed E-state index contributed by atoms with van der Waals surface area (Å²) in [6.07, 6.45) is 0. The van der Waals surface area contributed by atoms with Gasteiger partial charge in [0.1, 0.15) is 0 Å². The first-order valence-electron chi connectivity index (χ1n) is 4.32. The SMILES string of the molecule is BC(=O)C1Bc2ccccc2C1=O.